The Morgan fingerprint density at radius 1 is 1.24 bits per heavy atom. The molecule has 1 N–H and O–H groups in total. The molecule has 0 unspecified atom stereocenters. The molecular formula is C19H20ClN3O4S2. The number of halogens is 1. The van der Waals surface area contributed by atoms with Crippen molar-refractivity contribution >= 4 is 44.6 Å². The Morgan fingerprint density at radius 2 is 2.00 bits per heavy atom. The highest BCUT2D eigenvalue weighted by molar-refractivity contribution is 7.89. The number of oxime groups is 1. The number of carbonyl (C=O) groups excluding carboxylic acids is 1. The van der Waals surface area contributed by atoms with Crippen molar-refractivity contribution in [1.82, 2.24) is 9.62 Å². The molecular weight excluding hydrogens is 434 g/mol. The molecule has 0 bridgehead atoms. The van der Waals surface area contributed by atoms with E-state index in [0.717, 1.165) is 4.88 Å². The normalized spacial score (nSPS) is 19.0. The van der Waals surface area contributed by atoms with Gasteiger partial charge in [-0.25, -0.2) is 8.42 Å². The van der Waals surface area contributed by atoms with E-state index < -0.39 is 15.6 Å². The van der Waals surface area contributed by atoms with E-state index in [1.165, 1.54) is 10.4 Å². The second-order valence-corrected chi connectivity index (χ2v) is 10.4. The Morgan fingerprint density at radius 3 is 2.69 bits per heavy atom. The van der Waals surface area contributed by atoms with Gasteiger partial charge in [-0.15, -0.1) is 11.3 Å². The fourth-order valence-electron chi connectivity index (χ4n) is 3.52. The lowest BCUT2D eigenvalue weighted by Crippen LogP contribution is -2.47. The van der Waals surface area contributed by atoms with E-state index in [2.05, 4.69) is 10.5 Å². The van der Waals surface area contributed by atoms with Gasteiger partial charge in [0.1, 0.15) is 16.2 Å². The molecule has 4 rings (SSSR count). The van der Waals surface area contributed by atoms with Crippen LogP contribution in [-0.2, 0) is 26.2 Å². The van der Waals surface area contributed by atoms with Crippen molar-refractivity contribution in [2.24, 2.45) is 5.16 Å². The smallest absolute Gasteiger partial charge is 0.269 e. The zero-order chi connectivity index (χ0) is 20.5. The Balaban J connectivity index is 1.35. The van der Waals surface area contributed by atoms with Crippen molar-refractivity contribution in [2.75, 3.05) is 13.1 Å². The number of nitrogens with one attached hydrogen (secondary N) is 1. The number of sulfonamides is 1. The minimum Gasteiger partial charge on any atom is -0.388 e. The monoisotopic (exact) mass is 453 g/mol. The molecule has 154 valence electrons. The highest BCUT2D eigenvalue weighted by Gasteiger charge is 2.46. The van der Waals surface area contributed by atoms with Crippen molar-refractivity contribution in [1.29, 1.82) is 0 Å². The van der Waals surface area contributed by atoms with Crippen molar-refractivity contribution < 1.29 is 18.0 Å². The molecule has 0 atom stereocenters. The molecule has 10 heteroatoms. The third-order valence-corrected chi connectivity index (χ3v) is 8.47. The molecule has 0 radical (unpaired) electrons. The van der Waals surface area contributed by atoms with Crippen LogP contribution in [-0.4, -0.2) is 43.0 Å². The van der Waals surface area contributed by atoms with Crippen LogP contribution >= 0.6 is 22.9 Å². The molecule has 1 fully saturated rings. The van der Waals surface area contributed by atoms with Crippen molar-refractivity contribution in [3.8, 4) is 0 Å². The van der Waals surface area contributed by atoms with Gasteiger partial charge in [-0.2, -0.15) is 4.31 Å². The molecule has 1 aromatic carbocycles. The summed E-state index contributed by atoms with van der Waals surface area (Å²) in [6, 6.07) is 10.3. The standard InChI is InChI=1S/C19H20ClN3O4S2/c20-15-5-1-2-6-17(15)29(25,26)23-9-7-19(8-10-23)12-16(22-27-19)18(24)21-13-14-4-3-11-28-14/h1-6,11H,7-10,12-13H2,(H,21,24). The van der Waals surface area contributed by atoms with Crippen LogP contribution in [0.5, 0.6) is 0 Å². The van der Waals surface area contributed by atoms with Gasteiger partial charge in [-0.05, 0) is 23.6 Å². The fourth-order valence-corrected chi connectivity index (χ4v) is 6.10. The van der Waals surface area contributed by atoms with Crippen LogP contribution in [0.4, 0.5) is 0 Å². The van der Waals surface area contributed by atoms with E-state index in [0.29, 0.717) is 31.5 Å². The fraction of sp³-hybridized carbons (Fsp3) is 0.368. The molecule has 1 saturated heterocycles. The summed E-state index contributed by atoms with van der Waals surface area (Å²) in [6.07, 6.45) is 1.30. The van der Waals surface area contributed by atoms with Gasteiger partial charge in [-0.3, -0.25) is 4.79 Å². The first kappa shape index (κ1) is 20.3. The average molecular weight is 454 g/mol. The van der Waals surface area contributed by atoms with Gasteiger partial charge >= 0.3 is 0 Å². The van der Waals surface area contributed by atoms with E-state index in [-0.39, 0.29) is 28.9 Å². The van der Waals surface area contributed by atoms with Crippen molar-refractivity contribution in [3.05, 3.63) is 51.7 Å². The molecule has 29 heavy (non-hydrogen) atoms. The molecule has 0 saturated carbocycles. The lowest BCUT2D eigenvalue weighted by Gasteiger charge is -2.36. The molecule has 2 aliphatic heterocycles. The molecule has 1 amide bonds. The Kier molecular flexibility index (Phi) is 5.65. The summed E-state index contributed by atoms with van der Waals surface area (Å²) < 4.78 is 27.2. The first-order valence-electron chi connectivity index (χ1n) is 9.20. The average Bonchev–Trinajstić information content (AvgIpc) is 3.37. The van der Waals surface area contributed by atoms with Crippen molar-refractivity contribution in [3.63, 3.8) is 0 Å². The maximum absolute atomic E-state index is 12.9. The number of piperidine rings is 1. The summed E-state index contributed by atoms with van der Waals surface area (Å²) in [5.74, 6) is -0.249. The maximum Gasteiger partial charge on any atom is 0.269 e. The van der Waals surface area contributed by atoms with Crippen molar-refractivity contribution in [2.45, 2.75) is 36.3 Å². The summed E-state index contributed by atoms with van der Waals surface area (Å²) in [6.45, 7) is 1.02. The first-order valence-corrected chi connectivity index (χ1v) is 11.9. The second kappa shape index (κ2) is 8.06. The largest absolute Gasteiger partial charge is 0.388 e. The van der Waals surface area contributed by atoms with Gasteiger partial charge in [0.05, 0.1) is 11.6 Å². The second-order valence-electron chi connectivity index (χ2n) is 7.09. The van der Waals surface area contributed by atoms with Crippen LogP contribution in [0.3, 0.4) is 0 Å². The Labute approximate surface area is 178 Å². The number of thiophene rings is 1. The summed E-state index contributed by atoms with van der Waals surface area (Å²) >= 11 is 7.65. The minimum atomic E-state index is -3.67. The third-order valence-electron chi connectivity index (χ3n) is 5.19. The SMILES string of the molecule is O=C(NCc1cccs1)C1=NOC2(CCN(S(=O)(=O)c3ccccc3Cl)CC2)C1. The van der Waals surface area contributed by atoms with Gasteiger partial charge in [0.2, 0.25) is 10.0 Å². The highest BCUT2D eigenvalue weighted by Crippen LogP contribution is 2.37. The summed E-state index contributed by atoms with van der Waals surface area (Å²) in [5.41, 5.74) is -0.272. The van der Waals surface area contributed by atoms with Crippen LogP contribution in [0.25, 0.3) is 0 Å². The zero-order valence-electron chi connectivity index (χ0n) is 15.5. The van der Waals surface area contributed by atoms with Crippen LogP contribution in [0.1, 0.15) is 24.1 Å². The van der Waals surface area contributed by atoms with Gasteiger partial charge in [0.25, 0.3) is 5.91 Å². The van der Waals surface area contributed by atoms with E-state index in [1.807, 2.05) is 17.5 Å². The van der Waals surface area contributed by atoms with Crippen LogP contribution in [0.15, 0.2) is 51.8 Å². The molecule has 3 heterocycles. The Hall–Kier alpha value is -1.94. The first-order chi connectivity index (χ1) is 13.9. The highest BCUT2D eigenvalue weighted by atomic mass is 35.5. The lowest BCUT2D eigenvalue weighted by atomic mass is 9.87. The third kappa shape index (κ3) is 4.18. The van der Waals surface area contributed by atoms with Crippen LogP contribution in [0.2, 0.25) is 5.02 Å². The van der Waals surface area contributed by atoms with E-state index >= 15 is 0 Å². The van der Waals surface area contributed by atoms with Crippen LogP contribution < -0.4 is 5.32 Å². The molecule has 0 aliphatic carbocycles. The molecule has 1 aromatic heterocycles. The summed E-state index contributed by atoms with van der Waals surface area (Å²) in [7, 11) is -3.67. The van der Waals surface area contributed by atoms with Gasteiger partial charge in [0, 0.05) is 37.2 Å². The van der Waals surface area contributed by atoms with E-state index in [4.69, 9.17) is 16.4 Å². The molecule has 2 aromatic rings. The van der Waals surface area contributed by atoms with Crippen LogP contribution in [0, 0.1) is 0 Å². The van der Waals surface area contributed by atoms with Gasteiger partial charge in [0.15, 0.2) is 0 Å². The van der Waals surface area contributed by atoms with E-state index in [9.17, 15) is 13.2 Å². The topological polar surface area (TPSA) is 88.1 Å². The maximum atomic E-state index is 12.9. The summed E-state index contributed by atoms with van der Waals surface area (Å²) in [5, 5.41) is 9.00. The predicted octanol–water partition coefficient (Wildman–Crippen LogP) is 3.02. The molecule has 2 aliphatic rings. The number of nitrogens with zero attached hydrogens (tertiary/aromatic N) is 2. The molecule has 7 nitrogen and oxygen atoms in total. The number of carbonyl (C=O) groups is 1. The quantitative estimate of drug-likeness (QED) is 0.753. The number of amides is 1. The lowest BCUT2D eigenvalue weighted by molar-refractivity contribution is -0.115. The number of rotatable bonds is 5. The Bertz CT molecular complexity index is 1030. The summed E-state index contributed by atoms with van der Waals surface area (Å²) in [4.78, 5) is 19.2. The van der Waals surface area contributed by atoms with Gasteiger partial charge in [-0.1, -0.05) is 35.0 Å². The zero-order valence-corrected chi connectivity index (χ0v) is 17.9. The number of benzene rings is 1. The van der Waals surface area contributed by atoms with Gasteiger partial charge < -0.3 is 10.2 Å². The predicted molar refractivity (Wildman–Crippen MR) is 111 cm³/mol. The van der Waals surface area contributed by atoms with E-state index in [1.54, 1.807) is 29.5 Å². The number of hydrogen-bond donors (Lipinski definition) is 1. The minimum absolute atomic E-state index is 0.106. The number of hydrogen-bond acceptors (Lipinski definition) is 6. The molecule has 1 spiro atoms.